The highest BCUT2D eigenvalue weighted by Crippen LogP contribution is 2.55. The molecule has 2 aromatic rings. The highest BCUT2D eigenvalue weighted by molar-refractivity contribution is 6.39. The number of nitrogens with zero attached hydrogens (tertiary/aromatic N) is 2. The third-order valence-electron chi connectivity index (χ3n) is 7.32. The summed E-state index contributed by atoms with van der Waals surface area (Å²) in [6, 6.07) is 5.45. The lowest BCUT2D eigenvalue weighted by atomic mass is 9.58. The molecule has 8 heteroatoms. The van der Waals surface area contributed by atoms with Gasteiger partial charge in [-0.05, 0) is 63.5 Å². The summed E-state index contributed by atoms with van der Waals surface area (Å²) in [7, 11) is 0. The molecule has 0 amide bonds. The van der Waals surface area contributed by atoms with Gasteiger partial charge in [0.25, 0.3) is 0 Å². The van der Waals surface area contributed by atoms with Crippen LogP contribution in [0.15, 0.2) is 27.9 Å². The average Bonchev–Trinajstić information content (AvgIpc) is 3.53. The van der Waals surface area contributed by atoms with Gasteiger partial charge in [-0.1, -0.05) is 39.6 Å². The van der Waals surface area contributed by atoms with Crippen LogP contribution < -0.4 is 5.73 Å². The second-order valence-electron chi connectivity index (χ2n) is 8.98. The Kier molecular flexibility index (Phi) is 4.99. The van der Waals surface area contributed by atoms with E-state index in [1.54, 1.807) is 0 Å². The highest BCUT2D eigenvalue weighted by atomic mass is 35.5. The largest absolute Gasteiger partial charge is 0.409 e. The number of nitrogens with two attached hydrogens (primary N) is 1. The predicted octanol–water partition coefficient (Wildman–Crippen LogP) is 5.88. The monoisotopic (exact) mass is 449 g/mol. The summed E-state index contributed by atoms with van der Waals surface area (Å²) in [5.41, 5.74) is 7.98. The second kappa shape index (κ2) is 7.43. The van der Waals surface area contributed by atoms with E-state index in [1.807, 2.05) is 18.2 Å². The minimum Gasteiger partial charge on any atom is -0.409 e. The van der Waals surface area contributed by atoms with Crippen LogP contribution in [-0.2, 0) is 11.3 Å². The number of amidine groups is 1. The summed E-state index contributed by atoms with van der Waals surface area (Å²) in [6.07, 6.45) is 7.54. The number of fused-ring (bicyclic) bond motifs is 3. The summed E-state index contributed by atoms with van der Waals surface area (Å²) in [4.78, 5) is 0. The summed E-state index contributed by atoms with van der Waals surface area (Å²) in [5, 5.41) is 17.9. The number of hydrogen-bond donors (Lipinski definition) is 2. The van der Waals surface area contributed by atoms with Crippen LogP contribution in [0.3, 0.4) is 0 Å². The van der Waals surface area contributed by atoms with E-state index in [0.29, 0.717) is 39.7 Å². The van der Waals surface area contributed by atoms with Crippen LogP contribution in [0.4, 0.5) is 0 Å². The molecule has 0 radical (unpaired) electrons. The van der Waals surface area contributed by atoms with Crippen LogP contribution in [0.1, 0.15) is 68.6 Å². The molecule has 0 atom stereocenters. The molecule has 4 aliphatic carbocycles. The molecular weight excluding hydrogens is 425 g/mol. The van der Waals surface area contributed by atoms with Gasteiger partial charge in [0, 0.05) is 22.5 Å². The van der Waals surface area contributed by atoms with E-state index in [2.05, 4.69) is 10.3 Å². The van der Waals surface area contributed by atoms with Crippen LogP contribution in [0.25, 0.3) is 11.3 Å². The Bertz CT molecular complexity index is 955. The van der Waals surface area contributed by atoms with E-state index in [4.69, 9.17) is 43.4 Å². The van der Waals surface area contributed by atoms with Crippen molar-refractivity contribution in [2.24, 2.45) is 16.3 Å². The van der Waals surface area contributed by atoms with Gasteiger partial charge in [-0.25, -0.2) is 0 Å². The van der Waals surface area contributed by atoms with Crippen LogP contribution in [0, 0.1) is 5.41 Å². The fraction of sp³-hybridized carbons (Fsp3) is 0.545. The maximum absolute atomic E-state index is 9.16. The Morgan fingerprint density at radius 3 is 2.37 bits per heavy atom. The molecule has 0 unspecified atom stereocenters. The zero-order valence-corrected chi connectivity index (χ0v) is 18.2. The molecule has 1 aromatic heterocycles. The van der Waals surface area contributed by atoms with Gasteiger partial charge in [0.15, 0.2) is 0 Å². The number of aromatic nitrogens is 1. The van der Waals surface area contributed by atoms with Gasteiger partial charge in [-0.3, -0.25) is 0 Å². The summed E-state index contributed by atoms with van der Waals surface area (Å²) in [5.74, 6) is 1.66. The lowest BCUT2D eigenvalue weighted by molar-refractivity contribution is -0.130. The number of hydrogen-bond acceptors (Lipinski definition) is 5. The molecule has 2 bridgehead atoms. The Morgan fingerprint density at radius 2 is 1.80 bits per heavy atom. The van der Waals surface area contributed by atoms with Crippen molar-refractivity contribution in [3.8, 4) is 11.3 Å². The zero-order chi connectivity index (χ0) is 20.9. The molecule has 1 heterocycles. The number of halogens is 2. The van der Waals surface area contributed by atoms with E-state index in [9.17, 15) is 0 Å². The van der Waals surface area contributed by atoms with E-state index >= 15 is 0 Å². The maximum atomic E-state index is 9.16. The molecule has 0 spiro atoms. The first-order valence-electron chi connectivity index (χ1n) is 10.5. The van der Waals surface area contributed by atoms with Crippen molar-refractivity contribution in [1.29, 1.82) is 0 Å². The maximum Gasteiger partial charge on any atom is 0.145 e. The van der Waals surface area contributed by atoms with Crippen LogP contribution in [0.5, 0.6) is 0 Å². The first-order chi connectivity index (χ1) is 14.5. The zero-order valence-electron chi connectivity index (χ0n) is 16.7. The van der Waals surface area contributed by atoms with E-state index < -0.39 is 0 Å². The SMILES string of the molecule is N/C(=N\O)C12CCC(OCc3c(-c4c(Cl)cccc4Cl)noc3C3CC3)(CC1)CC2. The highest BCUT2D eigenvalue weighted by Gasteiger charge is 2.51. The van der Waals surface area contributed by atoms with Crippen LogP contribution in [-0.4, -0.2) is 21.8 Å². The third kappa shape index (κ3) is 3.29. The average molecular weight is 450 g/mol. The van der Waals surface area contributed by atoms with Gasteiger partial charge < -0.3 is 20.2 Å². The Morgan fingerprint density at radius 1 is 1.17 bits per heavy atom. The number of benzene rings is 1. The predicted molar refractivity (Wildman–Crippen MR) is 115 cm³/mol. The summed E-state index contributed by atoms with van der Waals surface area (Å²) in [6.45, 7) is 0.419. The lowest BCUT2D eigenvalue weighted by Gasteiger charge is -2.52. The molecule has 0 saturated heterocycles. The molecule has 3 N–H and O–H groups in total. The van der Waals surface area contributed by atoms with E-state index in [1.165, 1.54) is 0 Å². The summed E-state index contributed by atoms with van der Waals surface area (Å²) >= 11 is 12.9. The minimum atomic E-state index is -0.183. The first kappa shape index (κ1) is 20.2. The van der Waals surface area contributed by atoms with Crippen molar-refractivity contribution in [3.05, 3.63) is 39.6 Å². The molecule has 30 heavy (non-hydrogen) atoms. The molecule has 160 valence electrons. The molecule has 1 aromatic carbocycles. The second-order valence-corrected chi connectivity index (χ2v) is 9.80. The molecule has 6 nitrogen and oxygen atoms in total. The molecule has 4 aliphatic rings. The van der Waals surface area contributed by atoms with Gasteiger partial charge in [-0.15, -0.1) is 0 Å². The van der Waals surface area contributed by atoms with Crippen molar-refractivity contribution >= 4 is 29.0 Å². The third-order valence-corrected chi connectivity index (χ3v) is 7.95. The quantitative estimate of drug-likeness (QED) is 0.248. The van der Waals surface area contributed by atoms with Gasteiger partial charge in [-0.2, -0.15) is 0 Å². The van der Waals surface area contributed by atoms with E-state index in [-0.39, 0.29) is 11.0 Å². The fourth-order valence-corrected chi connectivity index (χ4v) is 5.71. The van der Waals surface area contributed by atoms with Gasteiger partial charge in [0.1, 0.15) is 17.3 Å². The van der Waals surface area contributed by atoms with Crippen molar-refractivity contribution in [3.63, 3.8) is 0 Å². The van der Waals surface area contributed by atoms with Crippen molar-refractivity contribution in [2.45, 2.75) is 69.5 Å². The standard InChI is InChI=1S/C22H25Cl2N3O3/c23-15-2-1-3-16(24)17(15)18-14(19(30-27-18)13-4-5-13)12-29-22-9-6-21(7-10-22,8-11-22)20(25)26-28/h1-3,13,28H,4-12H2,(H2,25,26). The van der Waals surface area contributed by atoms with Gasteiger partial charge in [0.2, 0.25) is 0 Å². The van der Waals surface area contributed by atoms with Crippen molar-refractivity contribution in [2.75, 3.05) is 0 Å². The summed E-state index contributed by atoms with van der Waals surface area (Å²) < 4.78 is 12.3. The minimum absolute atomic E-state index is 0.174. The Labute approximate surface area is 185 Å². The normalized spacial score (nSPS) is 28.8. The van der Waals surface area contributed by atoms with Crippen LogP contribution in [0.2, 0.25) is 10.0 Å². The lowest BCUT2D eigenvalue weighted by Crippen LogP contribution is -2.52. The molecule has 6 rings (SSSR count). The van der Waals surface area contributed by atoms with Crippen molar-refractivity contribution in [1.82, 2.24) is 5.16 Å². The Balaban J connectivity index is 1.41. The number of ether oxygens (including phenoxy) is 1. The van der Waals surface area contributed by atoms with E-state index in [0.717, 1.165) is 62.7 Å². The number of rotatable bonds is 6. The van der Waals surface area contributed by atoms with Crippen molar-refractivity contribution < 1.29 is 14.5 Å². The fourth-order valence-electron chi connectivity index (χ4n) is 5.13. The topological polar surface area (TPSA) is 93.9 Å². The molecule has 0 aliphatic heterocycles. The van der Waals surface area contributed by atoms with Gasteiger partial charge in [0.05, 0.1) is 22.3 Å². The first-order valence-corrected chi connectivity index (χ1v) is 11.3. The van der Waals surface area contributed by atoms with Crippen LogP contribution >= 0.6 is 23.2 Å². The van der Waals surface area contributed by atoms with Gasteiger partial charge >= 0.3 is 0 Å². The smallest absolute Gasteiger partial charge is 0.145 e. The number of oxime groups is 1. The molecule has 4 saturated carbocycles. The Hall–Kier alpha value is -1.76. The molecular formula is C22H25Cl2N3O3. The molecule has 4 fully saturated rings.